The molecule has 0 amide bonds. The minimum absolute atomic E-state index is 0.0961. The number of rotatable bonds is 1. The summed E-state index contributed by atoms with van der Waals surface area (Å²) in [7, 11) is 0. The zero-order valence-electron chi connectivity index (χ0n) is 4.51. The lowest BCUT2D eigenvalue weighted by Crippen LogP contribution is -2.16. The maximum atomic E-state index is 12.3. The summed E-state index contributed by atoms with van der Waals surface area (Å²) in [6.07, 6.45) is -0.944. The van der Waals surface area contributed by atoms with Crippen LogP contribution in [0.1, 0.15) is 0 Å². The van der Waals surface area contributed by atoms with E-state index in [1.54, 1.807) is 0 Å². The first-order valence-electron chi connectivity index (χ1n) is 2.67. The maximum Gasteiger partial charge on any atom is 0.131 e. The molecular weight excluding hydrogens is 111 g/mol. The molecular formula is C5H9FO2. The molecule has 1 rings (SSSR count). The summed E-state index contributed by atoms with van der Waals surface area (Å²) in [5.74, 6) is -0.269. The van der Waals surface area contributed by atoms with Crippen LogP contribution in [0.25, 0.3) is 0 Å². The molecule has 1 N–H and O–H groups in total. The number of aliphatic hydroxyl groups is 1. The molecule has 0 aromatic rings. The van der Waals surface area contributed by atoms with Gasteiger partial charge in [0.2, 0.25) is 0 Å². The number of hydrogen-bond acceptors (Lipinski definition) is 2. The third-order valence-corrected chi connectivity index (χ3v) is 1.36. The SMILES string of the molecule is OCC1COCC1F. The van der Waals surface area contributed by atoms with Crippen molar-refractivity contribution >= 4 is 0 Å². The van der Waals surface area contributed by atoms with Crippen molar-refractivity contribution in [2.75, 3.05) is 19.8 Å². The first-order chi connectivity index (χ1) is 3.84. The lowest BCUT2D eigenvalue weighted by atomic mass is 10.1. The van der Waals surface area contributed by atoms with Gasteiger partial charge in [-0.25, -0.2) is 4.39 Å². The van der Waals surface area contributed by atoms with Crippen LogP contribution in [0.15, 0.2) is 0 Å². The van der Waals surface area contributed by atoms with Gasteiger partial charge in [-0.1, -0.05) is 0 Å². The molecule has 1 saturated heterocycles. The van der Waals surface area contributed by atoms with E-state index in [-0.39, 0.29) is 19.1 Å². The molecule has 1 fully saturated rings. The molecule has 0 radical (unpaired) electrons. The Morgan fingerprint density at radius 3 is 2.62 bits per heavy atom. The third-order valence-electron chi connectivity index (χ3n) is 1.36. The highest BCUT2D eigenvalue weighted by Crippen LogP contribution is 2.15. The molecule has 0 aromatic carbocycles. The van der Waals surface area contributed by atoms with Gasteiger partial charge < -0.3 is 9.84 Å². The van der Waals surface area contributed by atoms with E-state index in [1.807, 2.05) is 0 Å². The highest BCUT2D eigenvalue weighted by molar-refractivity contribution is 4.72. The first kappa shape index (κ1) is 5.98. The molecule has 2 atom stereocenters. The standard InChI is InChI=1S/C5H9FO2/c6-5-3-8-2-4(5)1-7/h4-5,7H,1-3H2. The normalized spacial score (nSPS) is 38.2. The Hall–Kier alpha value is -0.150. The highest BCUT2D eigenvalue weighted by Gasteiger charge is 2.26. The van der Waals surface area contributed by atoms with E-state index < -0.39 is 6.17 Å². The predicted octanol–water partition coefficient (Wildman–Crippen LogP) is -0.0368. The van der Waals surface area contributed by atoms with Crippen molar-refractivity contribution in [2.45, 2.75) is 6.17 Å². The van der Waals surface area contributed by atoms with Gasteiger partial charge in [0.15, 0.2) is 0 Å². The Bertz CT molecular complexity index is 76.8. The van der Waals surface area contributed by atoms with Crippen molar-refractivity contribution in [3.05, 3.63) is 0 Å². The minimum Gasteiger partial charge on any atom is -0.396 e. The summed E-state index contributed by atoms with van der Waals surface area (Å²) >= 11 is 0. The molecule has 2 nitrogen and oxygen atoms in total. The summed E-state index contributed by atoms with van der Waals surface area (Å²) in [4.78, 5) is 0. The highest BCUT2D eigenvalue weighted by atomic mass is 19.1. The summed E-state index contributed by atoms with van der Waals surface area (Å²) in [5.41, 5.74) is 0. The van der Waals surface area contributed by atoms with Crippen LogP contribution in [0.5, 0.6) is 0 Å². The summed E-state index contributed by atoms with van der Waals surface area (Å²) in [5, 5.41) is 8.42. The smallest absolute Gasteiger partial charge is 0.131 e. The van der Waals surface area contributed by atoms with Crippen molar-refractivity contribution in [2.24, 2.45) is 5.92 Å². The molecule has 8 heavy (non-hydrogen) atoms. The maximum absolute atomic E-state index is 12.3. The Balaban J connectivity index is 2.30. The number of alkyl halides is 1. The first-order valence-corrected chi connectivity index (χ1v) is 2.67. The van der Waals surface area contributed by atoms with Gasteiger partial charge in [-0.2, -0.15) is 0 Å². The van der Waals surface area contributed by atoms with Crippen LogP contribution in [0, 0.1) is 5.92 Å². The van der Waals surface area contributed by atoms with Gasteiger partial charge in [0.05, 0.1) is 19.8 Å². The average Bonchev–Trinajstić information content (AvgIpc) is 2.14. The van der Waals surface area contributed by atoms with Crippen LogP contribution in [0.4, 0.5) is 4.39 Å². The third kappa shape index (κ3) is 0.980. The van der Waals surface area contributed by atoms with Gasteiger partial charge in [-0.3, -0.25) is 0 Å². The molecule has 0 spiro atoms. The van der Waals surface area contributed by atoms with Crippen molar-refractivity contribution in [3.8, 4) is 0 Å². The molecule has 1 heterocycles. The quantitative estimate of drug-likeness (QED) is 0.526. The minimum atomic E-state index is -0.944. The van der Waals surface area contributed by atoms with Gasteiger partial charge >= 0.3 is 0 Å². The van der Waals surface area contributed by atoms with Gasteiger partial charge in [0, 0.05) is 5.92 Å². The molecule has 0 aliphatic carbocycles. The van der Waals surface area contributed by atoms with E-state index in [0.717, 1.165) is 0 Å². The predicted molar refractivity (Wildman–Crippen MR) is 26.3 cm³/mol. The van der Waals surface area contributed by atoms with Crippen LogP contribution in [-0.2, 0) is 4.74 Å². The monoisotopic (exact) mass is 120 g/mol. The van der Waals surface area contributed by atoms with Crippen LogP contribution in [-0.4, -0.2) is 31.1 Å². The number of hydrogen-bond donors (Lipinski definition) is 1. The van der Waals surface area contributed by atoms with Crippen molar-refractivity contribution in [1.82, 2.24) is 0 Å². The molecule has 0 bridgehead atoms. The zero-order valence-corrected chi connectivity index (χ0v) is 4.51. The van der Waals surface area contributed by atoms with Crippen LogP contribution in [0.2, 0.25) is 0 Å². The molecule has 0 saturated carbocycles. The van der Waals surface area contributed by atoms with E-state index in [1.165, 1.54) is 0 Å². The van der Waals surface area contributed by atoms with E-state index in [0.29, 0.717) is 6.61 Å². The van der Waals surface area contributed by atoms with Gasteiger partial charge in [0.25, 0.3) is 0 Å². The second-order valence-corrected chi connectivity index (χ2v) is 2.00. The van der Waals surface area contributed by atoms with E-state index >= 15 is 0 Å². The fourth-order valence-corrected chi connectivity index (χ4v) is 0.740. The lowest BCUT2D eigenvalue weighted by Gasteiger charge is -2.02. The van der Waals surface area contributed by atoms with E-state index in [2.05, 4.69) is 0 Å². The fourth-order valence-electron chi connectivity index (χ4n) is 0.740. The Labute approximate surface area is 47.3 Å². The molecule has 48 valence electrons. The average molecular weight is 120 g/mol. The Kier molecular flexibility index (Phi) is 1.81. The Morgan fingerprint density at radius 1 is 1.62 bits per heavy atom. The van der Waals surface area contributed by atoms with Crippen molar-refractivity contribution in [1.29, 1.82) is 0 Å². The van der Waals surface area contributed by atoms with Gasteiger partial charge in [0.1, 0.15) is 6.17 Å². The van der Waals surface area contributed by atoms with E-state index in [4.69, 9.17) is 9.84 Å². The van der Waals surface area contributed by atoms with Crippen LogP contribution < -0.4 is 0 Å². The molecule has 1 aliphatic rings. The number of aliphatic hydroxyl groups excluding tert-OH is 1. The molecule has 2 unspecified atom stereocenters. The van der Waals surface area contributed by atoms with Crippen LogP contribution >= 0.6 is 0 Å². The molecule has 0 aromatic heterocycles. The van der Waals surface area contributed by atoms with Crippen molar-refractivity contribution < 1.29 is 14.2 Å². The van der Waals surface area contributed by atoms with Gasteiger partial charge in [-0.15, -0.1) is 0 Å². The molecule has 3 heteroatoms. The lowest BCUT2D eigenvalue weighted by molar-refractivity contribution is 0.160. The van der Waals surface area contributed by atoms with Crippen LogP contribution in [0.3, 0.4) is 0 Å². The topological polar surface area (TPSA) is 29.5 Å². The summed E-state index contributed by atoms with van der Waals surface area (Å²) in [6.45, 7) is 0.435. The largest absolute Gasteiger partial charge is 0.396 e. The summed E-state index contributed by atoms with van der Waals surface area (Å²) in [6, 6.07) is 0. The fraction of sp³-hybridized carbons (Fsp3) is 1.00. The van der Waals surface area contributed by atoms with E-state index in [9.17, 15) is 4.39 Å². The number of halogens is 1. The summed E-state index contributed by atoms with van der Waals surface area (Å²) < 4.78 is 17.0. The number of ether oxygens (including phenoxy) is 1. The zero-order chi connectivity index (χ0) is 5.98. The van der Waals surface area contributed by atoms with Crippen molar-refractivity contribution in [3.63, 3.8) is 0 Å². The Morgan fingerprint density at radius 2 is 2.38 bits per heavy atom. The molecule has 1 aliphatic heterocycles. The second kappa shape index (κ2) is 2.42. The van der Waals surface area contributed by atoms with Gasteiger partial charge in [-0.05, 0) is 0 Å². The second-order valence-electron chi connectivity index (χ2n) is 2.00.